The van der Waals surface area contributed by atoms with Gasteiger partial charge in [0.2, 0.25) is 0 Å². The van der Waals surface area contributed by atoms with Gasteiger partial charge in [0.25, 0.3) is 0 Å². The number of aliphatic imine (C=N–C) groups is 1. The smallest absolute Gasteiger partial charge is 0.188 e. The molecule has 0 aliphatic heterocycles. The van der Waals surface area contributed by atoms with Crippen molar-refractivity contribution in [3.63, 3.8) is 0 Å². The summed E-state index contributed by atoms with van der Waals surface area (Å²) in [5.41, 5.74) is 8.69. The molecule has 0 saturated heterocycles. The highest BCUT2D eigenvalue weighted by Gasteiger charge is 2.39. The van der Waals surface area contributed by atoms with Crippen LogP contribution in [0.15, 0.2) is 29.3 Å². The Bertz CT molecular complexity index is 465. The van der Waals surface area contributed by atoms with E-state index in [1.165, 1.54) is 11.1 Å². The lowest BCUT2D eigenvalue weighted by Crippen LogP contribution is -2.34. The monoisotopic (exact) mass is 403 g/mol. The summed E-state index contributed by atoms with van der Waals surface area (Å²) in [6, 6.07) is 8.99. The van der Waals surface area contributed by atoms with Crippen molar-refractivity contribution in [1.82, 2.24) is 5.32 Å². The van der Waals surface area contributed by atoms with Crippen LogP contribution in [0.5, 0.6) is 0 Å². The summed E-state index contributed by atoms with van der Waals surface area (Å²) in [4.78, 5) is 4.33. The number of guanidine groups is 1. The predicted octanol–water partition coefficient (Wildman–Crippen LogP) is 2.80. The topological polar surface area (TPSA) is 59.6 Å². The van der Waals surface area contributed by atoms with Crippen LogP contribution in [0.4, 0.5) is 0 Å². The highest BCUT2D eigenvalue weighted by molar-refractivity contribution is 14.0. The highest BCUT2D eigenvalue weighted by Crippen LogP contribution is 2.41. The molecule has 2 atom stereocenters. The Labute approximate surface area is 144 Å². The average molecular weight is 403 g/mol. The molecule has 0 bridgehead atoms. The Balaban J connectivity index is 0.00000220. The lowest BCUT2D eigenvalue weighted by Gasteiger charge is -2.07. The fourth-order valence-electron chi connectivity index (χ4n) is 2.45. The van der Waals surface area contributed by atoms with Gasteiger partial charge in [0.05, 0.1) is 0 Å². The van der Waals surface area contributed by atoms with Gasteiger partial charge in [-0.25, -0.2) is 0 Å². The maximum Gasteiger partial charge on any atom is 0.188 e. The third-order valence-corrected chi connectivity index (χ3v) is 3.64. The first-order valence-electron chi connectivity index (χ1n) is 7.42. The van der Waals surface area contributed by atoms with E-state index in [4.69, 9.17) is 10.5 Å². The van der Waals surface area contributed by atoms with E-state index < -0.39 is 0 Å². The molecule has 21 heavy (non-hydrogen) atoms. The minimum Gasteiger partial charge on any atom is -0.382 e. The van der Waals surface area contributed by atoms with Crippen LogP contribution < -0.4 is 11.1 Å². The van der Waals surface area contributed by atoms with Gasteiger partial charge in [0.15, 0.2) is 5.96 Å². The number of hydrogen-bond donors (Lipinski definition) is 2. The van der Waals surface area contributed by atoms with Crippen LogP contribution in [0.1, 0.15) is 36.8 Å². The van der Waals surface area contributed by atoms with E-state index in [0.717, 1.165) is 32.6 Å². The summed E-state index contributed by atoms with van der Waals surface area (Å²) in [7, 11) is 0. The Morgan fingerprint density at radius 2 is 2.19 bits per heavy atom. The molecule has 1 aliphatic rings. The number of nitrogens with zero attached hydrogens (tertiary/aromatic N) is 1. The maximum absolute atomic E-state index is 5.91. The molecule has 1 aromatic carbocycles. The number of aryl methyl sites for hydroxylation is 1. The minimum absolute atomic E-state index is 0. The molecule has 1 fully saturated rings. The molecule has 0 aromatic heterocycles. The van der Waals surface area contributed by atoms with Gasteiger partial charge >= 0.3 is 0 Å². The third kappa shape index (κ3) is 5.82. The third-order valence-electron chi connectivity index (χ3n) is 3.64. The summed E-state index contributed by atoms with van der Waals surface area (Å²) in [5.74, 6) is 1.14. The summed E-state index contributed by atoms with van der Waals surface area (Å²) >= 11 is 0. The van der Waals surface area contributed by atoms with Gasteiger partial charge < -0.3 is 15.8 Å². The number of nitrogens with two attached hydrogens (primary N) is 1. The molecule has 1 aromatic rings. The predicted molar refractivity (Wildman–Crippen MR) is 98.5 cm³/mol. The van der Waals surface area contributed by atoms with Crippen molar-refractivity contribution in [3.8, 4) is 0 Å². The Kier molecular flexibility index (Phi) is 8.03. The number of hydrogen-bond acceptors (Lipinski definition) is 2. The second kappa shape index (κ2) is 9.25. The zero-order valence-corrected chi connectivity index (χ0v) is 15.2. The second-order valence-corrected chi connectivity index (χ2v) is 5.27. The van der Waals surface area contributed by atoms with Gasteiger partial charge in [-0.2, -0.15) is 0 Å². The Morgan fingerprint density at radius 1 is 1.43 bits per heavy atom. The molecule has 2 unspecified atom stereocenters. The molecule has 118 valence electrons. The maximum atomic E-state index is 5.91. The van der Waals surface area contributed by atoms with Gasteiger partial charge in [-0.05, 0) is 37.8 Å². The van der Waals surface area contributed by atoms with Gasteiger partial charge in [-0.3, -0.25) is 4.99 Å². The summed E-state index contributed by atoms with van der Waals surface area (Å²) in [6.45, 7) is 6.40. The summed E-state index contributed by atoms with van der Waals surface area (Å²) < 4.78 is 5.27. The van der Waals surface area contributed by atoms with Crippen molar-refractivity contribution < 1.29 is 4.74 Å². The van der Waals surface area contributed by atoms with Crippen LogP contribution in [0, 0.1) is 6.92 Å². The van der Waals surface area contributed by atoms with E-state index in [1.807, 2.05) is 6.92 Å². The van der Waals surface area contributed by atoms with E-state index in [-0.39, 0.29) is 24.0 Å². The molecular formula is C16H26IN3O. The average Bonchev–Trinajstić information content (AvgIpc) is 3.18. The number of ether oxygens (including phenoxy) is 1. The van der Waals surface area contributed by atoms with Crippen molar-refractivity contribution in [1.29, 1.82) is 0 Å². The van der Waals surface area contributed by atoms with Crippen LogP contribution in [0.25, 0.3) is 0 Å². The van der Waals surface area contributed by atoms with Gasteiger partial charge in [-0.15, -0.1) is 24.0 Å². The van der Waals surface area contributed by atoms with Crippen LogP contribution in [0.2, 0.25) is 0 Å². The molecule has 5 heteroatoms. The zero-order chi connectivity index (χ0) is 14.4. The number of benzene rings is 1. The molecule has 0 amide bonds. The SMILES string of the molecule is CCOCCCN=C(N)NC1CC1c1ccccc1C.I. The molecular weight excluding hydrogens is 377 g/mol. The first-order chi connectivity index (χ1) is 9.72. The minimum atomic E-state index is 0. The van der Waals surface area contributed by atoms with Crippen molar-refractivity contribution >= 4 is 29.9 Å². The Morgan fingerprint density at radius 3 is 2.90 bits per heavy atom. The van der Waals surface area contributed by atoms with Gasteiger partial charge in [-0.1, -0.05) is 24.3 Å². The number of nitrogens with one attached hydrogen (secondary N) is 1. The molecule has 1 saturated carbocycles. The molecule has 2 rings (SSSR count). The number of rotatable bonds is 7. The second-order valence-electron chi connectivity index (χ2n) is 5.27. The van der Waals surface area contributed by atoms with Crippen molar-refractivity contribution in [2.45, 2.75) is 38.6 Å². The number of halogens is 1. The first kappa shape index (κ1) is 18.2. The van der Waals surface area contributed by atoms with Gasteiger partial charge in [0.1, 0.15) is 0 Å². The zero-order valence-electron chi connectivity index (χ0n) is 12.8. The van der Waals surface area contributed by atoms with Crippen LogP contribution in [-0.2, 0) is 4.74 Å². The van der Waals surface area contributed by atoms with Crippen molar-refractivity contribution in [2.24, 2.45) is 10.7 Å². The molecule has 4 nitrogen and oxygen atoms in total. The fourth-order valence-corrected chi connectivity index (χ4v) is 2.45. The largest absolute Gasteiger partial charge is 0.382 e. The molecule has 0 radical (unpaired) electrons. The Hall–Kier alpha value is -0.820. The van der Waals surface area contributed by atoms with Crippen molar-refractivity contribution in [3.05, 3.63) is 35.4 Å². The normalized spacial score (nSPS) is 20.8. The quantitative estimate of drug-likeness (QED) is 0.319. The molecule has 3 N–H and O–H groups in total. The van der Waals surface area contributed by atoms with E-state index in [9.17, 15) is 0 Å². The van der Waals surface area contributed by atoms with E-state index in [0.29, 0.717) is 17.9 Å². The van der Waals surface area contributed by atoms with Gasteiger partial charge in [0, 0.05) is 31.7 Å². The lowest BCUT2D eigenvalue weighted by atomic mass is 10.0. The molecule has 1 aliphatic carbocycles. The highest BCUT2D eigenvalue weighted by atomic mass is 127. The van der Waals surface area contributed by atoms with Crippen LogP contribution in [-0.4, -0.2) is 31.8 Å². The van der Waals surface area contributed by atoms with E-state index in [1.54, 1.807) is 0 Å². The van der Waals surface area contributed by atoms with E-state index >= 15 is 0 Å². The van der Waals surface area contributed by atoms with Crippen LogP contribution in [0.3, 0.4) is 0 Å². The molecule has 0 spiro atoms. The lowest BCUT2D eigenvalue weighted by molar-refractivity contribution is 0.146. The van der Waals surface area contributed by atoms with E-state index in [2.05, 4.69) is 41.5 Å². The molecule has 0 heterocycles. The van der Waals surface area contributed by atoms with Crippen molar-refractivity contribution in [2.75, 3.05) is 19.8 Å². The van der Waals surface area contributed by atoms with Crippen LogP contribution >= 0.6 is 24.0 Å². The fraction of sp³-hybridized carbons (Fsp3) is 0.562. The summed E-state index contributed by atoms with van der Waals surface area (Å²) in [6.07, 6.45) is 2.06. The summed E-state index contributed by atoms with van der Waals surface area (Å²) in [5, 5.41) is 3.31. The standard InChI is InChI=1S/C16H25N3O.HI/c1-3-20-10-6-9-18-16(17)19-15-11-14(15)13-8-5-4-7-12(13)2;/h4-5,7-8,14-15H,3,6,9-11H2,1-2H3,(H3,17,18,19);1H. The first-order valence-corrected chi connectivity index (χ1v) is 7.42.